The van der Waals surface area contributed by atoms with Crippen molar-refractivity contribution < 1.29 is 14.7 Å². The number of hydrogen-bond acceptors (Lipinski definition) is 5. The Kier molecular flexibility index (Phi) is 10.3. The SMILES string of the molecule is C/C=C(\CCC=C(C)S)C1(CC(=NC)N2CC(CC)N(C)C(=O)/C2=C(\O)C=O)CCCCC1. The molecule has 1 amide bonds. The molecule has 1 aliphatic heterocycles. The van der Waals surface area contributed by atoms with Crippen LogP contribution in [0.15, 0.2) is 39.1 Å². The molecule has 2 aliphatic rings. The number of hydrogen-bond donors (Lipinski definition) is 2. The van der Waals surface area contributed by atoms with E-state index in [0.717, 1.165) is 55.7 Å². The number of thiol groups is 1. The second-order valence-electron chi connectivity index (χ2n) is 9.30. The van der Waals surface area contributed by atoms with E-state index in [-0.39, 0.29) is 23.1 Å². The molecule has 1 N–H and O–H groups in total. The summed E-state index contributed by atoms with van der Waals surface area (Å²) in [6.07, 6.45) is 13.9. The molecule has 7 heteroatoms. The minimum absolute atomic E-state index is 0.00977. The van der Waals surface area contributed by atoms with Gasteiger partial charge in [0, 0.05) is 33.1 Å². The monoisotopic (exact) mass is 475 g/mol. The zero-order valence-electron chi connectivity index (χ0n) is 20.9. The summed E-state index contributed by atoms with van der Waals surface area (Å²) in [6, 6.07) is -0.00977. The number of carbonyl (C=O) groups is 2. The third kappa shape index (κ3) is 6.31. The summed E-state index contributed by atoms with van der Waals surface area (Å²) in [6.45, 7) is 6.67. The van der Waals surface area contributed by atoms with Crippen LogP contribution in [0, 0.1) is 5.41 Å². The summed E-state index contributed by atoms with van der Waals surface area (Å²) < 4.78 is 0. The van der Waals surface area contributed by atoms with Crippen molar-refractivity contribution in [1.29, 1.82) is 0 Å². The summed E-state index contributed by atoms with van der Waals surface area (Å²) in [5.41, 5.74) is 1.43. The molecule has 0 aromatic rings. The van der Waals surface area contributed by atoms with Gasteiger partial charge < -0.3 is 14.9 Å². The molecular weight excluding hydrogens is 434 g/mol. The Morgan fingerprint density at radius 3 is 2.48 bits per heavy atom. The minimum atomic E-state index is -0.527. The van der Waals surface area contributed by atoms with E-state index in [0.29, 0.717) is 19.3 Å². The number of allylic oxidation sites excluding steroid dienone is 5. The summed E-state index contributed by atoms with van der Waals surface area (Å²) in [4.78, 5) is 33.7. The maximum atomic E-state index is 13.1. The Balaban J connectivity index is 2.46. The van der Waals surface area contributed by atoms with Crippen molar-refractivity contribution in [3.05, 3.63) is 34.1 Å². The lowest BCUT2D eigenvalue weighted by atomic mass is 9.65. The van der Waals surface area contributed by atoms with E-state index in [2.05, 4.69) is 36.7 Å². The summed E-state index contributed by atoms with van der Waals surface area (Å²) in [7, 11) is 3.47. The molecule has 0 radical (unpaired) electrons. The number of amides is 1. The van der Waals surface area contributed by atoms with Gasteiger partial charge in [0.25, 0.3) is 5.91 Å². The number of aliphatic hydroxyl groups is 1. The quantitative estimate of drug-likeness (QED) is 0.0933. The van der Waals surface area contributed by atoms with Crippen molar-refractivity contribution >= 4 is 30.7 Å². The lowest BCUT2D eigenvalue weighted by molar-refractivity contribution is -0.132. The van der Waals surface area contributed by atoms with E-state index in [9.17, 15) is 14.7 Å². The Bertz CT molecular complexity index is 834. The summed E-state index contributed by atoms with van der Waals surface area (Å²) in [5, 5.41) is 10.4. The van der Waals surface area contributed by atoms with Gasteiger partial charge in [0.15, 0.2) is 17.7 Å². The van der Waals surface area contributed by atoms with E-state index in [1.54, 1.807) is 19.0 Å². The maximum absolute atomic E-state index is 13.1. The molecule has 0 aromatic heterocycles. The minimum Gasteiger partial charge on any atom is -0.503 e. The molecule has 1 unspecified atom stereocenters. The van der Waals surface area contributed by atoms with Crippen molar-refractivity contribution in [3.8, 4) is 0 Å². The highest BCUT2D eigenvalue weighted by molar-refractivity contribution is 7.84. The van der Waals surface area contributed by atoms with Crippen LogP contribution in [0.2, 0.25) is 0 Å². The number of aliphatic hydroxyl groups excluding tert-OH is 1. The molecule has 1 aliphatic carbocycles. The van der Waals surface area contributed by atoms with E-state index in [1.807, 2.05) is 18.7 Å². The van der Waals surface area contributed by atoms with Crippen LogP contribution in [0.25, 0.3) is 0 Å². The van der Waals surface area contributed by atoms with Gasteiger partial charge >= 0.3 is 0 Å². The molecule has 6 nitrogen and oxygen atoms in total. The molecule has 0 aromatic carbocycles. The van der Waals surface area contributed by atoms with E-state index < -0.39 is 5.76 Å². The molecule has 1 heterocycles. The molecule has 2 fully saturated rings. The summed E-state index contributed by atoms with van der Waals surface area (Å²) in [5.74, 6) is -0.0986. The highest BCUT2D eigenvalue weighted by Gasteiger charge is 2.42. The Morgan fingerprint density at radius 2 is 1.97 bits per heavy atom. The molecular formula is C26H41N3O3S. The largest absolute Gasteiger partial charge is 0.503 e. The highest BCUT2D eigenvalue weighted by Crippen LogP contribution is 2.48. The average Bonchev–Trinajstić information content (AvgIpc) is 2.81. The Labute approximate surface area is 204 Å². The fourth-order valence-corrected chi connectivity index (χ4v) is 5.53. The van der Waals surface area contributed by atoms with Gasteiger partial charge in [0.2, 0.25) is 0 Å². The van der Waals surface area contributed by atoms with Crippen LogP contribution in [0.5, 0.6) is 0 Å². The molecule has 2 rings (SSSR count). The van der Waals surface area contributed by atoms with Crippen LogP contribution >= 0.6 is 12.6 Å². The van der Waals surface area contributed by atoms with Crippen molar-refractivity contribution in [2.24, 2.45) is 10.4 Å². The van der Waals surface area contributed by atoms with Crippen LogP contribution in [0.3, 0.4) is 0 Å². The normalized spacial score (nSPS) is 24.2. The third-order valence-electron chi connectivity index (χ3n) is 7.32. The van der Waals surface area contributed by atoms with E-state index in [4.69, 9.17) is 0 Å². The number of piperazine rings is 1. The first-order valence-electron chi connectivity index (χ1n) is 12.1. The third-order valence-corrected chi connectivity index (χ3v) is 7.50. The van der Waals surface area contributed by atoms with E-state index >= 15 is 0 Å². The van der Waals surface area contributed by atoms with Gasteiger partial charge in [-0.1, -0.05) is 43.9 Å². The molecule has 1 atom stereocenters. The number of amidine groups is 1. The van der Waals surface area contributed by atoms with Crippen molar-refractivity contribution in [3.63, 3.8) is 0 Å². The topological polar surface area (TPSA) is 73.2 Å². The smallest absolute Gasteiger partial charge is 0.274 e. The van der Waals surface area contributed by atoms with Gasteiger partial charge in [-0.25, -0.2) is 0 Å². The standard InChI is InChI=1S/C26H41N3O3S/c1-6-20(13-11-12-19(3)33)26(14-9-8-10-15-26)16-23(27-4)29-17-21(7-2)28(5)25(32)24(29)22(31)18-30/h6,12,18,21,31,33H,7-11,13-17H2,1-5H3/b19-12?,20-6+,24-22+,27-23?. The lowest BCUT2D eigenvalue weighted by Gasteiger charge is -2.45. The first-order chi connectivity index (χ1) is 15.7. The van der Waals surface area contributed by atoms with Gasteiger partial charge in [0.1, 0.15) is 5.84 Å². The summed E-state index contributed by atoms with van der Waals surface area (Å²) >= 11 is 4.41. The second kappa shape index (κ2) is 12.4. The Hall–Kier alpha value is -2.02. The van der Waals surface area contributed by atoms with Crippen LogP contribution in [-0.2, 0) is 9.59 Å². The average molecular weight is 476 g/mol. The van der Waals surface area contributed by atoms with Gasteiger partial charge in [-0.3, -0.25) is 14.6 Å². The highest BCUT2D eigenvalue weighted by atomic mass is 32.1. The predicted octanol–water partition coefficient (Wildman–Crippen LogP) is 5.44. The molecule has 1 saturated heterocycles. The van der Waals surface area contributed by atoms with Crippen LogP contribution in [0.1, 0.15) is 78.6 Å². The van der Waals surface area contributed by atoms with E-state index in [1.165, 1.54) is 12.0 Å². The Morgan fingerprint density at radius 1 is 1.30 bits per heavy atom. The van der Waals surface area contributed by atoms with Crippen molar-refractivity contribution in [2.45, 2.75) is 84.6 Å². The molecule has 0 bridgehead atoms. The molecule has 0 spiro atoms. The number of aldehydes is 1. The van der Waals surface area contributed by atoms with Gasteiger partial charge in [0.05, 0.1) is 0 Å². The first kappa shape index (κ1) is 27.2. The fourth-order valence-electron chi connectivity index (χ4n) is 5.40. The van der Waals surface area contributed by atoms with Gasteiger partial charge in [-0.15, -0.1) is 12.6 Å². The second-order valence-corrected chi connectivity index (χ2v) is 10.0. The van der Waals surface area contributed by atoms with Crippen LogP contribution in [-0.4, -0.2) is 59.6 Å². The molecule has 184 valence electrons. The molecule has 33 heavy (non-hydrogen) atoms. The number of nitrogens with zero attached hydrogens (tertiary/aromatic N) is 3. The molecule has 1 saturated carbocycles. The number of aliphatic imine (C=N–C) groups is 1. The van der Waals surface area contributed by atoms with Gasteiger partial charge in [-0.05, 0) is 56.3 Å². The zero-order valence-corrected chi connectivity index (χ0v) is 21.8. The number of rotatable bonds is 8. The number of carbonyl (C=O) groups excluding carboxylic acids is 2. The van der Waals surface area contributed by atoms with Crippen LogP contribution in [0.4, 0.5) is 0 Å². The van der Waals surface area contributed by atoms with Crippen molar-refractivity contribution in [1.82, 2.24) is 9.80 Å². The maximum Gasteiger partial charge on any atom is 0.274 e. The predicted molar refractivity (Wildman–Crippen MR) is 139 cm³/mol. The van der Waals surface area contributed by atoms with Gasteiger partial charge in [-0.2, -0.15) is 0 Å². The van der Waals surface area contributed by atoms with Crippen molar-refractivity contribution in [2.75, 3.05) is 20.6 Å². The lowest BCUT2D eigenvalue weighted by Crippen LogP contribution is -2.56. The number of likely N-dealkylation sites (N-methyl/N-ethyl adjacent to an activating group) is 1. The fraction of sp³-hybridized carbons (Fsp3) is 0.654. The van der Waals surface area contributed by atoms with Crippen LogP contribution < -0.4 is 0 Å². The first-order valence-corrected chi connectivity index (χ1v) is 12.6. The zero-order chi connectivity index (χ0) is 24.6.